The minimum Gasteiger partial charge on any atom is -0.477 e. The molecule has 0 atom stereocenters. The molecule has 118 valence electrons. The van der Waals surface area contributed by atoms with E-state index in [4.69, 9.17) is 9.47 Å². The molecule has 0 aliphatic carbocycles. The molecule has 7 heteroatoms. The van der Waals surface area contributed by atoms with E-state index in [-0.39, 0.29) is 11.4 Å². The van der Waals surface area contributed by atoms with Gasteiger partial charge in [0.15, 0.2) is 0 Å². The summed E-state index contributed by atoms with van der Waals surface area (Å²) in [5, 5.41) is 9.56. The SMILES string of the molecule is CCOc1cc(C(=O)NCC(C)(C)N2CCOCC2)[nH]n1. The van der Waals surface area contributed by atoms with Crippen LogP contribution in [0.15, 0.2) is 6.07 Å². The molecule has 2 N–H and O–H groups in total. The molecule has 2 rings (SSSR count). The number of nitrogens with zero attached hydrogens (tertiary/aromatic N) is 2. The van der Waals surface area contributed by atoms with Crippen LogP contribution in [0.2, 0.25) is 0 Å². The van der Waals surface area contributed by atoms with Gasteiger partial charge in [-0.15, -0.1) is 5.10 Å². The fourth-order valence-corrected chi connectivity index (χ4v) is 2.31. The highest BCUT2D eigenvalue weighted by Crippen LogP contribution is 2.15. The summed E-state index contributed by atoms with van der Waals surface area (Å²) in [6.07, 6.45) is 0. The highest BCUT2D eigenvalue weighted by atomic mass is 16.5. The Balaban J connectivity index is 1.86. The molecule has 0 spiro atoms. The van der Waals surface area contributed by atoms with Crippen molar-refractivity contribution in [1.29, 1.82) is 0 Å². The molecule has 1 aliphatic rings. The average Bonchev–Trinajstić information content (AvgIpc) is 2.95. The summed E-state index contributed by atoms with van der Waals surface area (Å²) in [5.74, 6) is 0.268. The molecule has 1 aromatic rings. The van der Waals surface area contributed by atoms with Crippen molar-refractivity contribution < 1.29 is 14.3 Å². The number of nitrogens with one attached hydrogen (secondary N) is 2. The molecule has 1 fully saturated rings. The summed E-state index contributed by atoms with van der Waals surface area (Å²) in [7, 11) is 0. The smallest absolute Gasteiger partial charge is 0.269 e. The Hall–Kier alpha value is -1.60. The minimum atomic E-state index is -0.171. The van der Waals surface area contributed by atoms with Crippen molar-refractivity contribution in [3.8, 4) is 5.88 Å². The third-order valence-corrected chi connectivity index (χ3v) is 3.64. The number of H-pyrrole nitrogens is 1. The van der Waals surface area contributed by atoms with Crippen LogP contribution in [0, 0.1) is 0 Å². The second-order valence-electron chi connectivity index (χ2n) is 5.65. The van der Waals surface area contributed by atoms with Crippen molar-refractivity contribution in [1.82, 2.24) is 20.4 Å². The van der Waals surface area contributed by atoms with E-state index in [0.29, 0.717) is 24.7 Å². The number of carbonyl (C=O) groups is 1. The first-order chi connectivity index (χ1) is 10.0. The Labute approximate surface area is 125 Å². The van der Waals surface area contributed by atoms with Gasteiger partial charge in [0.25, 0.3) is 5.91 Å². The lowest BCUT2D eigenvalue weighted by molar-refractivity contribution is -0.00924. The van der Waals surface area contributed by atoms with Crippen LogP contribution in [0.25, 0.3) is 0 Å². The average molecular weight is 296 g/mol. The van der Waals surface area contributed by atoms with E-state index in [2.05, 4.69) is 34.3 Å². The number of rotatable bonds is 6. The van der Waals surface area contributed by atoms with Crippen molar-refractivity contribution >= 4 is 5.91 Å². The summed E-state index contributed by atoms with van der Waals surface area (Å²) >= 11 is 0. The molecule has 7 nitrogen and oxygen atoms in total. The van der Waals surface area contributed by atoms with Crippen LogP contribution in [0.3, 0.4) is 0 Å². The van der Waals surface area contributed by atoms with Gasteiger partial charge >= 0.3 is 0 Å². The van der Waals surface area contributed by atoms with Gasteiger partial charge in [-0.25, -0.2) is 0 Å². The predicted octanol–water partition coefficient (Wildman–Crippen LogP) is 0.649. The molecular weight excluding hydrogens is 272 g/mol. The number of hydrogen-bond donors (Lipinski definition) is 2. The molecule has 0 radical (unpaired) electrons. The van der Waals surface area contributed by atoms with Crippen LogP contribution in [0.4, 0.5) is 0 Å². The minimum absolute atomic E-state index is 0.109. The topological polar surface area (TPSA) is 79.5 Å². The number of aromatic amines is 1. The zero-order chi connectivity index (χ0) is 15.3. The molecule has 0 bridgehead atoms. The van der Waals surface area contributed by atoms with Crippen LogP contribution < -0.4 is 10.1 Å². The third kappa shape index (κ3) is 4.18. The standard InChI is InChI=1S/C14H24N4O3/c1-4-21-12-9-11(16-17-12)13(19)15-10-14(2,3)18-5-7-20-8-6-18/h9H,4-8,10H2,1-3H3,(H,15,19)(H,16,17). The Bertz CT molecular complexity index is 467. The summed E-state index contributed by atoms with van der Waals surface area (Å²) in [6.45, 7) is 10.5. The lowest BCUT2D eigenvalue weighted by Crippen LogP contribution is -2.55. The van der Waals surface area contributed by atoms with E-state index in [1.807, 2.05) is 6.92 Å². The van der Waals surface area contributed by atoms with E-state index < -0.39 is 0 Å². The van der Waals surface area contributed by atoms with Crippen molar-refractivity contribution in [2.45, 2.75) is 26.3 Å². The van der Waals surface area contributed by atoms with Gasteiger partial charge < -0.3 is 14.8 Å². The fraction of sp³-hybridized carbons (Fsp3) is 0.714. The van der Waals surface area contributed by atoms with Crippen LogP contribution >= 0.6 is 0 Å². The largest absolute Gasteiger partial charge is 0.477 e. The quantitative estimate of drug-likeness (QED) is 0.806. The maximum absolute atomic E-state index is 12.1. The molecule has 1 aromatic heterocycles. The van der Waals surface area contributed by atoms with Gasteiger partial charge in [0.05, 0.1) is 19.8 Å². The van der Waals surface area contributed by atoms with Gasteiger partial charge in [0.2, 0.25) is 5.88 Å². The van der Waals surface area contributed by atoms with Crippen molar-refractivity contribution in [3.05, 3.63) is 11.8 Å². The summed E-state index contributed by atoms with van der Waals surface area (Å²) in [6, 6.07) is 1.61. The van der Waals surface area contributed by atoms with Crippen LogP contribution in [0.1, 0.15) is 31.3 Å². The summed E-state index contributed by atoms with van der Waals surface area (Å²) < 4.78 is 10.6. The van der Waals surface area contributed by atoms with Gasteiger partial charge in [-0.3, -0.25) is 14.8 Å². The number of hydrogen-bond acceptors (Lipinski definition) is 5. The second kappa shape index (κ2) is 6.91. The lowest BCUT2D eigenvalue weighted by Gasteiger charge is -2.40. The number of aromatic nitrogens is 2. The van der Waals surface area contributed by atoms with Crippen LogP contribution in [0.5, 0.6) is 5.88 Å². The molecule has 21 heavy (non-hydrogen) atoms. The molecule has 0 aromatic carbocycles. The first-order valence-corrected chi connectivity index (χ1v) is 7.32. The summed E-state index contributed by atoms with van der Waals surface area (Å²) in [5.41, 5.74) is 0.304. The first kappa shape index (κ1) is 15.8. The van der Waals surface area contributed by atoms with Gasteiger partial charge in [-0.05, 0) is 20.8 Å². The number of carbonyl (C=O) groups excluding carboxylic acids is 1. The third-order valence-electron chi connectivity index (χ3n) is 3.64. The van der Waals surface area contributed by atoms with Crippen molar-refractivity contribution in [3.63, 3.8) is 0 Å². The van der Waals surface area contributed by atoms with Gasteiger partial charge in [0, 0.05) is 31.2 Å². The second-order valence-corrected chi connectivity index (χ2v) is 5.65. The Kier molecular flexibility index (Phi) is 5.19. The van der Waals surface area contributed by atoms with E-state index >= 15 is 0 Å². The number of morpholine rings is 1. The van der Waals surface area contributed by atoms with E-state index in [0.717, 1.165) is 26.3 Å². The molecule has 1 aliphatic heterocycles. The Morgan fingerprint density at radius 3 is 2.90 bits per heavy atom. The normalized spacial score (nSPS) is 16.7. The van der Waals surface area contributed by atoms with E-state index in [9.17, 15) is 4.79 Å². The maximum atomic E-state index is 12.1. The molecular formula is C14H24N4O3. The lowest BCUT2D eigenvalue weighted by atomic mass is 10.0. The van der Waals surface area contributed by atoms with Gasteiger partial charge in [0.1, 0.15) is 5.69 Å². The Morgan fingerprint density at radius 2 is 2.24 bits per heavy atom. The Morgan fingerprint density at radius 1 is 1.52 bits per heavy atom. The van der Waals surface area contributed by atoms with Gasteiger partial charge in [-0.2, -0.15) is 0 Å². The first-order valence-electron chi connectivity index (χ1n) is 7.32. The van der Waals surface area contributed by atoms with Gasteiger partial charge in [-0.1, -0.05) is 0 Å². The molecule has 2 heterocycles. The van der Waals surface area contributed by atoms with Crippen molar-refractivity contribution in [2.24, 2.45) is 0 Å². The number of ether oxygens (including phenoxy) is 2. The maximum Gasteiger partial charge on any atom is 0.269 e. The van der Waals surface area contributed by atoms with Crippen LogP contribution in [-0.4, -0.2) is 66.0 Å². The molecule has 1 saturated heterocycles. The highest BCUT2D eigenvalue weighted by molar-refractivity contribution is 5.92. The molecule has 1 amide bonds. The fourth-order valence-electron chi connectivity index (χ4n) is 2.31. The summed E-state index contributed by atoms with van der Waals surface area (Å²) in [4.78, 5) is 14.4. The van der Waals surface area contributed by atoms with E-state index in [1.54, 1.807) is 6.07 Å². The predicted molar refractivity (Wildman–Crippen MR) is 78.6 cm³/mol. The highest BCUT2D eigenvalue weighted by Gasteiger charge is 2.28. The monoisotopic (exact) mass is 296 g/mol. The van der Waals surface area contributed by atoms with E-state index in [1.165, 1.54) is 0 Å². The molecule has 0 saturated carbocycles. The van der Waals surface area contributed by atoms with Crippen LogP contribution in [-0.2, 0) is 4.74 Å². The van der Waals surface area contributed by atoms with Crippen molar-refractivity contribution in [2.75, 3.05) is 39.5 Å². The zero-order valence-corrected chi connectivity index (χ0v) is 12.9. The number of amides is 1. The zero-order valence-electron chi connectivity index (χ0n) is 12.9. The molecule has 0 unspecified atom stereocenters.